The third-order valence-corrected chi connectivity index (χ3v) is 7.04. The normalized spacial score (nSPS) is 13.5. The summed E-state index contributed by atoms with van der Waals surface area (Å²) in [7, 11) is 0. The van der Waals surface area contributed by atoms with Gasteiger partial charge in [-0.2, -0.15) is 0 Å². The van der Waals surface area contributed by atoms with E-state index in [-0.39, 0.29) is 10.8 Å². The largest absolute Gasteiger partial charge is 0.355 e. The Bertz CT molecular complexity index is 1440. The fourth-order valence-corrected chi connectivity index (χ4v) is 5.25. The van der Waals surface area contributed by atoms with Gasteiger partial charge in [-0.1, -0.05) is 108 Å². The molecule has 1 nitrogen and oxygen atoms in total. The number of hydrogen-bond donors (Lipinski definition) is 1. The molecule has 0 amide bonds. The van der Waals surface area contributed by atoms with Crippen molar-refractivity contribution in [1.29, 1.82) is 0 Å². The zero-order valence-corrected chi connectivity index (χ0v) is 21.2. The fraction of sp³-hybridized carbons (Fsp3) is 0.273. The molecule has 0 bridgehead atoms. The van der Waals surface area contributed by atoms with Crippen LogP contribution in [-0.2, 0) is 5.41 Å². The molecular weight excluding hydrogens is 410 g/mol. The highest BCUT2D eigenvalue weighted by Gasteiger charge is 2.28. The first-order valence-electron chi connectivity index (χ1n) is 12.3. The number of aromatic nitrogens is 1. The van der Waals surface area contributed by atoms with Crippen LogP contribution in [0.5, 0.6) is 0 Å². The van der Waals surface area contributed by atoms with Crippen LogP contribution in [0.3, 0.4) is 0 Å². The lowest BCUT2D eigenvalue weighted by Gasteiger charge is -2.32. The summed E-state index contributed by atoms with van der Waals surface area (Å²) >= 11 is 0. The van der Waals surface area contributed by atoms with E-state index in [2.05, 4.69) is 138 Å². The predicted molar refractivity (Wildman–Crippen MR) is 148 cm³/mol. The minimum atomic E-state index is 0.0879. The maximum absolute atomic E-state index is 3.63. The van der Waals surface area contributed by atoms with Gasteiger partial charge in [0.25, 0.3) is 0 Å². The Balaban J connectivity index is 1.61. The topological polar surface area (TPSA) is 15.8 Å². The molecule has 1 aromatic heterocycles. The fourth-order valence-electron chi connectivity index (χ4n) is 5.25. The van der Waals surface area contributed by atoms with Crippen molar-refractivity contribution in [3.05, 3.63) is 108 Å². The standard InChI is InChI=1S/C33H35N/c1-32(2,3)26-17-19-30-28(21-26)27-20-25(16-18-29(27)34-30)31(33(4,5)6)24-14-12-23(13-15-24)22-10-8-7-9-11-22/h7-21,31,34H,1-6H3. The number of aromatic amines is 1. The van der Waals surface area contributed by atoms with Crippen molar-refractivity contribution in [2.75, 3.05) is 0 Å². The Labute approximate surface area is 203 Å². The zero-order chi connectivity index (χ0) is 24.1. The van der Waals surface area contributed by atoms with Crippen molar-refractivity contribution >= 4 is 21.8 Å². The molecule has 1 unspecified atom stereocenters. The lowest BCUT2D eigenvalue weighted by Crippen LogP contribution is -2.19. The summed E-state index contributed by atoms with van der Waals surface area (Å²) in [5.74, 6) is 0.303. The molecule has 0 spiro atoms. The van der Waals surface area contributed by atoms with E-state index < -0.39 is 0 Å². The third kappa shape index (κ3) is 4.16. The highest BCUT2D eigenvalue weighted by Crippen LogP contribution is 2.42. The number of rotatable bonds is 3. The summed E-state index contributed by atoms with van der Waals surface area (Å²) in [6, 6.07) is 33.6. The molecule has 5 aromatic rings. The van der Waals surface area contributed by atoms with E-state index in [0.717, 1.165) is 0 Å². The highest BCUT2D eigenvalue weighted by atomic mass is 14.7. The van der Waals surface area contributed by atoms with E-state index in [0.29, 0.717) is 5.92 Å². The van der Waals surface area contributed by atoms with Crippen LogP contribution >= 0.6 is 0 Å². The predicted octanol–water partition coefficient (Wildman–Crippen LogP) is 9.46. The molecule has 0 aliphatic rings. The Kier molecular flexibility index (Phi) is 5.40. The summed E-state index contributed by atoms with van der Waals surface area (Å²) in [6.45, 7) is 13.9. The molecule has 0 aliphatic heterocycles. The SMILES string of the molecule is CC(C)(C)c1ccc2[nH]c3ccc(C(c4ccc(-c5ccccc5)cc4)C(C)(C)C)cc3c2c1. The van der Waals surface area contributed by atoms with Gasteiger partial charge in [0.05, 0.1) is 0 Å². The Hall–Kier alpha value is -3.32. The molecule has 34 heavy (non-hydrogen) atoms. The molecule has 5 rings (SSSR count). The van der Waals surface area contributed by atoms with Gasteiger partial charge in [0.15, 0.2) is 0 Å². The van der Waals surface area contributed by atoms with Crippen molar-refractivity contribution in [1.82, 2.24) is 4.98 Å². The van der Waals surface area contributed by atoms with Gasteiger partial charge in [-0.15, -0.1) is 0 Å². The van der Waals surface area contributed by atoms with Crippen LogP contribution in [0, 0.1) is 5.41 Å². The number of benzene rings is 4. The summed E-state index contributed by atoms with van der Waals surface area (Å²) in [5.41, 5.74) is 9.26. The van der Waals surface area contributed by atoms with Gasteiger partial charge in [-0.25, -0.2) is 0 Å². The molecule has 0 saturated carbocycles. The summed E-state index contributed by atoms with van der Waals surface area (Å²) in [6.07, 6.45) is 0. The molecular formula is C33H35N. The molecule has 4 aromatic carbocycles. The van der Waals surface area contributed by atoms with Gasteiger partial charge in [0.2, 0.25) is 0 Å². The van der Waals surface area contributed by atoms with Crippen molar-refractivity contribution in [3.8, 4) is 11.1 Å². The monoisotopic (exact) mass is 445 g/mol. The van der Waals surface area contributed by atoms with E-state index in [9.17, 15) is 0 Å². The second-order valence-electron chi connectivity index (χ2n) is 11.7. The molecule has 1 N–H and O–H groups in total. The van der Waals surface area contributed by atoms with Crippen LogP contribution in [0.15, 0.2) is 91.0 Å². The summed E-state index contributed by atoms with van der Waals surface area (Å²) in [4.78, 5) is 3.63. The van der Waals surface area contributed by atoms with Crippen molar-refractivity contribution in [2.24, 2.45) is 5.41 Å². The summed E-state index contributed by atoms with van der Waals surface area (Å²) in [5, 5.41) is 2.63. The zero-order valence-electron chi connectivity index (χ0n) is 21.2. The first-order chi connectivity index (χ1) is 16.1. The molecule has 0 aliphatic carbocycles. The number of nitrogens with one attached hydrogen (secondary N) is 1. The van der Waals surface area contributed by atoms with Crippen LogP contribution in [-0.4, -0.2) is 4.98 Å². The quantitative estimate of drug-likeness (QED) is 0.284. The average molecular weight is 446 g/mol. The Morgan fingerprint density at radius 3 is 1.74 bits per heavy atom. The lowest BCUT2D eigenvalue weighted by molar-refractivity contribution is 0.359. The van der Waals surface area contributed by atoms with E-state index in [1.807, 2.05) is 0 Å². The second-order valence-corrected chi connectivity index (χ2v) is 11.7. The van der Waals surface area contributed by atoms with Crippen LogP contribution in [0.2, 0.25) is 0 Å². The van der Waals surface area contributed by atoms with Gasteiger partial charge in [0.1, 0.15) is 0 Å². The molecule has 0 fully saturated rings. The van der Waals surface area contributed by atoms with Gasteiger partial charge in [-0.3, -0.25) is 0 Å². The maximum Gasteiger partial charge on any atom is 0.0465 e. The molecule has 1 heterocycles. The molecule has 0 radical (unpaired) electrons. The van der Waals surface area contributed by atoms with Gasteiger partial charge < -0.3 is 4.98 Å². The third-order valence-electron chi connectivity index (χ3n) is 7.04. The molecule has 172 valence electrons. The molecule has 1 heteroatoms. The van der Waals surface area contributed by atoms with Crippen LogP contribution < -0.4 is 0 Å². The van der Waals surface area contributed by atoms with Crippen molar-refractivity contribution in [2.45, 2.75) is 52.9 Å². The van der Waals surface area contributed by atoms with Crippen LogP contribution in [0.1, 0.15) is 64.2 Å². The highest BCUT2D eigenvalue weighted by molar-refractivity contribution is 6.07. The molecule has 0 saturated heterocycles. The Morgan fingerprint density at radius 1 is 0.559 bits per heavy atom. The first-order valence-corrected chi connectivity index (χ1v) is 12.3. The maximum atomic E-state index is 3.63. The minimum Gasteiger partial charge on any atom is -0.355 e. The lowest BCUT2D eigenvalue weighted by atomic mass is 9.72. The average Bonchev–Trinajstić information content (AvgIpc) is 3.16. The van der Waals surface area contributed by atoms with Gasteiger partial charge >= 0.3 is 0 Å². The van der Waals surface area contributed by atoms with E-state index in [1.54, 1.807) is 0 Å². The number of H-pyrrole nitrogens is 1. The van der Waals surface area contributed by atoms with E-state index in [4.69, 9.17) is 0 Å². The number of hydrogen-bond acceptors (Lipinski definition) is 0. The van der Waals surface area contributed by atoms with Crippen LogP contribution in [0.25, 0.3) is 32.9 Å². The van der Waals surface area contributed by atoms with Crippen molar-refractivity contribution in [3.63, 3.8) is 0 Å². The van der Waals surface area contributed by atoms with Gasteiger partial charge in [-0.05, 0) is 62.9 Å². The molecule has 1 atom stereocenters. The Morgan fingerprint density at radius 2 is 1.12 bits per heavy atom. The number of fused-ring (bicyclic) bond motifs is 3. The van der Waals surface area contributed by atoms with Crippen molar-refractivity contribution < 1.29 is 0 Å². The van der Waals surface area contributed by atoms with E-state index in [1.165, 1.54) is 49.6 Å². The smallest absolute Gasteiger partial charge is 0.0465 e. The second kappa shape index (κ2) is 8.17. The minimum absolute atomic E-state index is 0.0879. The van der Waals surface area contributed by atoms with Crippen LogP contribution in [0.4, 0.5) is 0 Å². The van der Waals surface area contributed by atoms with E-state index >= 15 is 0 Å². The summed E-state index contributed by atoms with van der Waals surface area (Å²) < 4.78 is 0. The van der Waals surface area contributed by atoms with Gasteiger partial charge in [0, 0.05) is 27.7 Å². The first kappa shape index (κ1) is 22.5.